The summed E-state index contributed by atoms with van der Waals surface area (Å²) in [5, 5.41) is -0.296. The highest BCUT2D eigenvalue weighted by Gasteiger charge is 2.13. The summed E-state index contributed by atoms with van der Waals surface area (Å²) in [6.07, 6.45) is 0.222. The largest absolute Gasteiger partial charge is 0.466 e. The molecule has 0 heterocycles. The molecular formula is C11H13ClO2. The van der Waals surface area contributed by atoms with E-state index in [1.807, 2.05) is 30.3 Å². The van der Waals surface area contributed by atoms with Crippen molar-refractivity contribution in [2.75, 3.05) is 6.61 Å². The van der Waals surface area contributed by atoms with Gasteiger partial charge in [-0.05, 0) is 12.5 Å². The number of hydrogen-bond donors (Lipinski definition) is 0. The molecule has 0 aromatic heterocycles. The van der Waals surface area contributed by atoms with E-state index in [1.54, 1.807) is 6.92 Å². The van der Waals surface area contributed by atoms with Crippen LogP contribution in [0.1, 0.15) is 24.3 Å². The number of esters is 1. The van der Waals surface area contributed by atoms with Gasteiger partial charge in [-0.1, -0.05) is 30.3 Å². The van der Waals surface area contributed by atoms with Crippen molar-refractivity contribution in [1.29, 1.82) is 0 Å². The van der Waals surface area contributed by atoms with Crippen molar-refractivity contribution in [3.8, 4) is 0 Å². The van der Waals surface area contributed by atoms with Crippen molar-refractivity contribution >= 4 is 17.6 Å². The normalized spacial score (nSPS) is 12.1. The second-order valence-corrected chi connectivity index (χ2v) is 3.41. The van der Waals surface area contributed by atoms with Gasteiger partial charge in [-0.15, -0.1) is 11.6 Å². The molecule has 0 aliphatic carbocycles. The quantitative estimate of drug-likeness (QED) is 0.567. The van der Waals surface area contributed by atoms with E-state index in [0.717, 1.165) is 5.56 Å². The van der Waals surface area contributed by atoms with E-state index >= 15 is 0 Å². The van der Waals surface area contributed by atoms with Crippen LogP contribution in [0, 0.1) is 0 Å². The number of carbonyl (C=O) groups is 1. The maximum Gasteiger partial charge on any atom is 0.307 e. The van der Waals surface area contributed by atoms with Crippen molar-refractivity contribution < 1.29 is 9.53 Å². The molecule has 14 heavy (non-hydrogen) atoms. The summed E-state index contributed by atoms with van der Waals surface area (Å²) in [5.74, 6) is -0.253. The van der Waals surface area contributed by atoms with Crippen LogP contribution in [0.25, 0.3) is 0 Å². The van der Waals surface area contributed by atoms with Gasteiger partial charge in [0, 0.05) is 0 Å². The Morgan fingerprint density at radius 1 is 1.43 bits per heavy atom. The first-order valence-corrected chi connectivity index (χ1v) is 5.02. The van der Waals surface area contributed by atoms with Gasteiger partial charge in [0.15, 0.2) is 0 Å². The summed E-state index contributed by atoms with van der Waals surface area (Å²) in [7, 11) is 0. The van der Waals surface area contributed by atoms with Gasteiger partial charge < -0.3 is 4.74 Å². The Kier molecular flexibility index (Phi) is 4.47. The van der Waals surface area contributed by atoms with Crippen molar-refractivity contribution in [1.82, 2.24) is 0 Å². The van der Waals surface area contributed by atoms with Crippen LogP contribution in [0.5, 0.6) is 0 Å². The second kappa shape index (κ2) is 5.66. The van der Waals surface area contributed by atoms with E-state index in [-0.39, 0.29) is 17.8 Å². The average Bonchev–Trinajstić information content (AvgIpc) is 2.19. The molecule has 0 amide bonds. The molecule has 0 aliphatic rings. The molecule has 1 aromatic rings. The molecule has 0 aliphatic heterocycles. The molecule has 1 rings (SSSR count). The van der Waals surface area contributed by atoms with E-state index in [9.17, 15) is 4.79 Å². The van der Waals surface area contributed by atoms with Crippen molar-refractivity contribution in [3.05, 3.63) is 35.9 Å². The number of hydrogen-bond acceptors (Lipinski definition) is 2. The fourth-order valence-electron chi connectivity index (χ4n) is 1.15. The van der Waals surface area contributed by atoms with Gasteiger partial charge in [0.2, 0.25) is 0 Å². The molecule has 0 bridgehead atoms. The highest BCUT2D eigenvalue weighted by molar-refractivity contribution is 6.21. The molecule has 0 unspecified atom stereocenters. The standard InChI is InChI=1S/C11H13ClO2/c1-2-14-11(13)8-10(12)9-6-4-3-5-7-9/h3-7,10H,2,8H2,1H3/t10-/m1/s1. The minimum absolute atomic E-state index is 0.222. The Morgan fingerprint density at radius 3 is 2.64 bits per heavy atom. The Morgan fingerprint density at radius 2 is 2.07 bits per heavy atom. The number of alkyl halides is 1. The van der Waals surface area contributed by atoms with Crippen molar-refractivity contribution in [2.24, 2.45) is 0 Å². The van der Waals surface area contributed by atoms with E-state index in [4.69, 9.17) is 16.3 Å². The summed E-state index contributed by atoms with van der Waals surface area (Å²) in [6, 6.07) is 9.51. The second-order valence-electron chi connectivity index (χ2n) is 2.89. The Labute approximate surface area is 88.8 Å². The van der Waals surface area contributed by atoms with E-state index < -0.39 is 0 Å². The van der Waals surface area contributed by atoms with Crippen molar-refractivity contribution in [2.45, 2.75) is 18.7 Å². The number of rotatable bonds is 4. The lowest BCUT2D eigenvalue weighted by Crippen LogP contribution is -2.06. The molecule has 0 radical (unpaired) electrons. The summed E-state index contributed by atoms with van der Waals surface area (Å²) in [5.41, 5.74) is 0.946. The molecule has 0 saturated carbocycles. The molecule has 1 atom stereocenters. The zero-order valence-electron chi connectivity index (χ0n) is 8.07. The van der Waals surface area contributed by atoms with Crippen molar-refractivity contribution in [3.63, 3.8) is 0 Å². The van der Waals surface area contributed by atoms with Crippen LogP contribution >= 0.6 is 11.6 Å². The number of benzene rings is 1. The molecule has 0 N–H and O–H groups in total. The SMILES string of the molecule is CCOC(=O)C[C@@H](Cl)c1ccccc1. The van der Waals surface area contributed by atoms with Gasteiger partial charge in [-0.2, -0.15) is 0 Å². The zero-order chi connectivity index (χ0) is 10.4. The maximum atomic E-state index is 11.1. The third-order valence-electron chi connectivity index (χ3n) is 1.81. The first-order valence-electron chi connectivity index (χ1n) is 4.58. The number of ether oxygens (including phenoxy) is 1. The maximum absolute atomic E-state index is 11.1. The van der Waals surface area contributed by atoms with Crippen LogP contribution in [0.2, 0.25) is 0 Å². The van der Waals surface area contributed by atoms with Crippen LogP contribution in [-0.4, -0.2) is 12.6 Å². The zero-order valence-corrected chi connectivity index (χ0v) is 8.83. The molecule has 2 nitrogen and oxygen atoms in total. The summed E-state index contributed by atoms with van der Waals surface area (Å²) >= 11 is 6.04. The first-order chi connectivity index (χ1) is 6.74. The molecule has 0 fully saturated rings. The smallest absolute Gasteiger partial charge is 0.307 e. The molecule has 1 aromatic carbocycles. The first kappa shape index (κ1) is 11.1. The summed E-state index contributed by atoms with van der Waals surface area (Å²) < 4.78 is 4.81. The molecular weight excluding hydrogens is 200 g/mol. The van der Waals surface area contributed by atoms with Gasteiger partial charge in [0.05, 0.1) is 18.4 Å². The molecule has 0 spiro atoms. The third kappa shape index (κ3) is 3.38. The number of halogens is 1. The van der Waals surface area contributed by atoms with E-state index in [2.05, 4.69) is 0 Å². The van der Waals surface area contributed by atoms with Gasteiger partial charge in [-0.3, -0.25) is 4.79 Å². The Bertz CT molecular complexity index is 285. The van der Waals surface area contributed by atoms with Gasteiger partial charge in [0.1, 0.15) is 0 Å². The molecule has 3 heteroatoms. The topological polar surface area (TPSA) is 26.3 Å². The van der Waals surface area contributed by atoms with E-state index in [0.29, 0.717) is 6.61 Å². The minimum atomic E-state index is -0.296. The van der Waals surface area contributed by atoms with Gasteiger partial charge in [-0.25, -0.2) is 0 Å². The predicted molar refractivity (Wildman–Crippen MR) is 56.3 cm³/mol. The third-order valence-corrected chi connectivity index (χ3v) is 2.22. The lowest BCUT2D eigenvalue weighted by molar-refractivity contribution is -0.143. The summed E-state index contributed by atoms with van der Waals surface area (Å²) in [4.78, 5) is 11.1. The van der Waals surface area contributed by atoms with E-state index in [1.165, 1.54) is 0 Å². The molecule has 76 valence electrons. The highest BCUT2D eigenvalue weighted by Crippen LogP contribution is 2.23. The monoisotopic (exact) mass is 212 g/mol. The van der Waals surface area contributed by atoms with Crippen LogP contribution in [0.3, 0.4) is 0 Å². The van der Waals surface area contributed by atoms with Crippen LogP contribution in [-0.2, 0) is 9.53 Å². The van der Waals surface area contributed by atoms with Gasteiger partial charge in [0.25, 0.3) is 0 Å². The lowest BCUT2D eigenvalue weighted by Gasteiger charge is -2.08. The predicted octanol–water partition coefficient (Wildman–Crippen LogP) is 2.92. The lowest BCUT2D eigenvalue weighted by atomic mass is 10.1. The van der Waals surface area contributed by atoms with Gasteiger partial charge >= 0.3 is 5.97 Å². The Hall–Kier alpha value is -1.02. The molecule has 0 saturated heterocycles. The Balaban J connectivity index is 2.50. The fourth-order valence-corrected chi connectivity index (χ4v) is 1.42. The number of carbonyl (C=O) groups excluding carboxylic acids is 1. The minimum Gasteiger partial charge on any atom is -0.466 e. The van der Waals surface area contributed by atoms with Crippen LogP contribution < -0.4 is 0 Å². The average molecular weight is 213 g/mol. The summed E-state index contributed by atoms with van der Waals surface area (Å²) in [6.45, 7) is 2.18. The van der Waals surface area contributed by atoms with Crippen LogP contribution in [0.15, 0.2) is 30.3 Å². The highest BCUT2D eigenvalue weighted by atomic mass is 35.5. The fraction of sp³-hybridized carbons (Fsp3) is 0.364. The van der Waals surface area contributed by atoms with Crippen LogP contribution in [0.4, 0.5) is 0 Å².